The number of carbonyl (C=O) groups is 1. The Morgan fingerprint density at radius 3 is 1.78 bits per heavy atom. The Bertz CT molecular complexity index is 230. The molecular weight excluding hydrogens is 230 g/mol. The Morgan fingerprint density at radius 1 is 1.17 bits per heavy atom. The monoisotopic (exact) mass is 259 g/mol. The smallest absolute Gasteiger partial charge is 0.306 e. The Balaban J connectivity index is 0. The lowest BCUT2D eigenvalue weighted by Gasteiger charge is -2.19. The highest BCUT2D eigenvalue weighted by Gasteiger charge is 2.12. The van der Waals surface area contributed by atoms with Gasteiger partial charge in [-0.1, -0.05) is 26.7 Å². The van der Waals surface area contributed by atoms with E-state index in [4.69, 9.17) is 10.5 Å². The number of guanidine groups is 1. The summed E-state index contributed by atoms with van der Waals surface area (Å²) in [5.74, 6) is -0.235. The molecular formula is C13H29N3O2. The fraction of sp³-hybridized carbons (Fsp3) is 0.846. The van der Waals surface area contributed by atoms with Crippen LogP contribution in [0.2, 0.25) is 0 Å². The molecule has 0 radical (unpaired) electrons. The van der Waals surface area contributed by atoms with E-state index < -0.39 is 5.97 Å². The highest BCUT2D eigenvalue weighted by atomic mass is 16.4. The molecule has 5 nitrogen and oxygen atoms in total. The lowest BCUT2D eigenvalue weighted by atomic mass is 10.00. The highest BCUT2D eigenvalue weighted by Crippen LogP contribution is 2.11. The van der Waals surface area contributed by atoms with Gasteiger partial charge in [0, 0.05) is 28.2 Å². The number of carboxylic acid groups (broad SMARTS) is 1. The van der Waals surface area contributed by atoms with Crippen molar-refractivity contribution in [1.29, 1.82) is 5.41 Å². The van der Waals surface area contributed by atoms with Crippen LogP contribution in [-0.4, -0.2) is 55.0 Å². The molecule has 0 aliphatic carbocycles. The first-order valence-electron chi connectivity index (χ1n) is 6.43. The first-order chi connectivity index (χ1) is 8.27. The SMILES string of the molecule is CCCC[C@@H](CC)C(=O)O.CN(C)C(=N)N(C)C. The van der Waals surface area contributed by atoms with Crippen molar-refractivity contribution in [2.75, 3.05) is 28.2 Å². The average Bonchev–Trinajstić information content (AvgIpc) is 2.29. The topological polar surface area (TPSA) is 67.6 Å². The third-order valence-corrected chi connectivity index (χ3v) is 2.60. The van der Waals surface area contributed by atoms with Crippen LogP contribution in [0.1, 0.15) is 39.5 Å². The normalized spacial score (nSPS) is 11.0. The van der Waals surface area contributed by atoms with Crippen LogP contribution in [0, 0.1) is 11.3 Å². The van der Waals surface area contributed by atoms with Crippen LogP contribution in [0.15, 0.2) is 0 Å². The van der Waals surface area contributed by atoms with Gasteiger partial charge in [0.1, 0.15) is 0 Å². The molecule has 18 heavy (non-hydrogen) atoms. The van der Waals surface area contributed by atoms with Crippen LogP contribution in [0.5, 0.6) is 0 Å². The van der Waals surface area contributed by atoms with E-state index in [1.54, 1.807) is 9.80 Å². The molecule has 0 spiro atoms. The number of carboxylic acids is 1. The minimum absolute atomic E-state index is 0.111. The summed E-state index contributed by atoms with van der Waals surface area (Å²) in [6.45, 7) is 4.00. The molecule has 1 atom stereocenters. The van der Waals surface area contributed by atoms with E-state index in [0.29, 0.717) is 5.96 Å². The summed E-state index contributed by atoms with van der Waals surface area (Å²) in [5, 5.41) is 15.8. The summed E-state index contributed by atoms with van der Waals surface area (Å²) in [4.78, 5) is 13.9. The summed E-state index contributed by atoms with van der Waals surface area (Å²) < 4.78 is 0. The quantitative estimate of drug-likeness (QED) is 0.587. The largest absolute Gasteiger partial charge is 0.481 e. The summed E-state index contributed by atoms with van der Waals surface area (Å²) in [5.41, 5.74) is 0. The average molecular weight is 259 g/mol. The predicted molar refractivity (Wildman–Crippen MR) is 76.0 cm³/mol. The second kappa shape index (κ2) is 10.9. The van der Waals surface area contributed by atoms with Gasteiger partial charge < -0.3 is 14.9 Å². The van der Waals surface area contributed by atoms with Crippen molar-refractivity contribution < 1.29 is 9.90 Å². The van der Waals surface area contributed by atoms with E-state index in [9.17, 15) is 4.79 Å². The Kier molecular flexibility index (Phi) is 11.5. The zero-order chi connectivity index (χ0) is 14.7. The van der Waals surface area contributed by atoms with E-state index in [-0.39, 0.29) is 5.92 Å². The number of unbranched alkanes of at least 4 members (excludes halogenated alkanes) is 1. The maximum absolute atomic E-state index is 10.4. The van der Waals surface area contributed by atoms with Gasteiger partial charge in [0.15, 0.2) is 5.96 Å². The van der Waals surface area contributed by atoms with Crippen LogP contribution in [0.25, 0.3) is 0 Å². The Hall–Kier alpha value is -1.26. The van der Waals surface area contributed by atoms with Crippen LogP contribution in [0.4, 0.5) is 0 Å². The molecule has 5 heteroatoms. The summed E-state index contributed by atoms with van der Waals surface area (Å²) in [6.07, 6.45) is 3.71. The van der Waals surface area contributed by atoms with Crippen LogP contribution in [0.3, 0.4) is 0 Å². The first kappa shape index (κ1) is 19.1. The maximum Gasteiger partial charge on any atom is 0.306 e. The fourth-order valence-electron chi connectivity index (χ4n) is 1.35. The molecule has 108 valence electrons. The third kappa shape index (κ3) is 9.93. The molecule has 0 aromatic heterocycles. The van der Waals surface area contributed by atoms with Gasteiger partial charge in [0.05, 0.1) is 5.92 Å². The minimum atomic E-state index is -0.643. The summed E-state index contributed by atoms with van der Waals surface area (Å²) >= 11 is 0. The van der Waals surface area contributed by atoms with Crippen LogP contribution < -0.4 is 0 Å². The van der Waals surface area contributed by atoms with Gasteiger partial charge in [0.2, 0.25) is 0 Å². The van der Waals surface area contributed by atoms with E-state index in [1.165, 1.54) is 0 Å². The predicted octanol–water partition coefficient (Wildman–Crippen LogP) is 2.33. The molecule has 0 aromatic carbocycles. The molecule has 0 aliphatic rings. The first-order valence-corrected chi connectivity index (χ1v) is 6.43. The standard InChI is InChI=1S/C8H16O2.C5H13N3/c1-3-5-6-7(4-2)8(9)10;1-7(2)5(6)8(3)4/h7H,3-6H2,1-2H3,(H,9,10);6H,1-4H3/t7-;/m1./s1. The van der Waals surface area contributed by atoms with Crippen LogP contribution >= 0.6 is 0 Å². The zero-order valence-electron chi connectivity index (χ0n) is 12.7. The van der Waals surface area contributed by atoms with Gasteiger partial charge in [-0.3, -0.25) is 10.2 Å². The zero-order valence-corrected chi connectivity index (χ0v) is 12.7. The molecule has 0 unspecified atom stereocenters. The lowest BCUT2D eigenvalue weighted by molar-refractivity contribution is -0.142. The number of hydrogen-bond acceptors (Lipinski definition) is 2. The minimum Gasteiger partial charge on any atom is -0.481 e. The van der Waals surface area contributed by atoms with Gasteiger partial charge in [0.25, 0.3) is 0 Å². The van der Waals surface area contributed by atoms with Crippen molar-refractivity contribution in [3.63, 3.8) is 0 Å². The van der Waals surface area contributed by atoms with Crippen molar-refractivity contribution in [3.05, 3.63) is 0 Å². The Labute approximate surface area is 111 Å². The van der Waals surface area contributed by atoms with Crippen molar-refractivity contribution in [2.24, 2.45) is 5.92 Å². The molecule has 0 heterocycles. The van der Waals surface area contributed by atoms with Crippen LogP contribution in [-0.2, 0) is 4.79 Å². The molecule has 0 amide bonds. The summed E-state index contributed by atoms with van der Waals surface area (Å²) in [7, 11) is 7.40. The van der Waals surface area contributed by atoms with Gasteiger partial charge in [-0.15, -0.1) is 0 Å². The van der Waals surface area contributed by atoms with Gasteiger partial charge in [-0.25, -0.2) is 0 Å². The van der Waals surface area contributed by atoms with Crippen molar-refractivity contribution >= 4 is 11.9 Å². The van der Waals surface area contributed by atoms with E-state index in [0.717, 1.165) is 25.7 Å². The summed E-state index contributed by atoms with van der Waals surface area (Å²) in [6, 6.07) is 0. The van der Waals surface area contributed by atoms with Gasteiger partial charge in [-0.2, -0.15) is 0 Å². The molecule has 2 N–H and O–H groups in total. The van der Waals surface area contributed by atoms with E-state index in [2.05, 4.69) is 6.92 Å². The van der Waals surface area contributed by atoms with Crippen molar-refractivity contribution in [1.82, 2.24) is 9.80 Å². The molecule has 0 rings (SSSR count). The number of nitrogens with one attached hydrogen (secondary N) is 1. The molecule has 0 saturated carbocycles. The van der Waals surface area contributed by atoms with E-state index in [1.807, 2.05) is 35.1 Å². The third-order valence-electron chi connectivity index (χ3n) is 2.60. The van der Waals surface area contributed by atoms with Crippen molar-refractivity contribution in [2.45, 2.75) is 39.5 Å². The van der Waals surface area contributed by atoms with Crippen molar-refractivity contribution in [3.8, 4) is 0 Å². The fourth-order valence-corrected chi connectivity index (χ4v) is 1.35. The molecule has 0 aromatic rings. The molecule has 0 saturated heterocycles. The second-order valence-electron chi connectivity index (χ2n) is 4.70. The molecule has 0 fully saturated rings. The number of aliphatic carboxylic acids is 1. The van der Waals surface area contributed by atoms with Gasteiger partial charge >= 0.3 is 5.97 Å². The highest BCUT2D eigenvalue weighted by molar-refractivity contribution is 5.75. The lowest BCUT2D eigenvalue weighted by Crippen LogP contribution is -2.34. The van der Waals surface area contributed by atoms with E-state index >= 15 is 0 Å². The number of hydrogen-bond donors (Lipinski definition) is 2. The number of rotatable bonds is 5. The number of nitrogens with zero attached hydrogens (tertiary/aromatic N) is 2. The Morgan fingerprint density at radius 2 is 1.61 bits per heavy atom. The van der Waals surface area contributed by atoms with Gasteiger partial charge in [-0.05, 0) is 12.8 Å². The maximum atomic E-state index is 10.4. The second-order valence-corrected chi connectivity index (χ2v) is 4.70. The molecule has 0 bridgehead atoms. The molecule has 0 aliphatic heterocycles.